The Hall–Kier alpha value is -1.60. The van der Waals surface area contributed by atoms with Crippen molar-refractivity contribution >= 4 is 15.9 Å². The predicted octanol–water partition coefficient (Wildman–Crippen LogP) is 2.45. The predicted molar refractivity (Wildman–Crippen MR) is 97.0 cm³/mol. The Morgan fingerprint density at radius 1 is 1.16 bits per heavy atom. The van der Waals surface area contributed by atoms with Crippen molar-refractivity contribution in [2.75, 3.05) is 13.2 Å². The van der Waals surface area contributed by atoms with Crippen molar-refractivity contribution in [3.05, 3.63) is 24.3 Å². The Bertz CT molecular complexity index is 650. The van der Waals surface area contributed by atoms with E-state index in [4.69, 9.17) is 4.74 Å². The Balaban J connectivity index is 1.86. The maximum absolute atomic E-state index is 12.4. The molecule has 0 spiro atoms. The van der Waals surface area contributed by atoms with E-state index in [0.29, 0.717) is 18.2 Å². The van der Waals surface area contributed by atoms with E-state index in [1.807, 2.05) is 13.8 Å². The van der Waals surface area contributed by atoms with Crippen LogP contribution in [0.15, 0.2) is 29.2 Å². The van der Waals surface area contributed by atoms with Crippen LogP contribution in [0.2, 0.25) is 0 Å². The van der Waals surface area contributed by atoms with Crippen molar-refractivity contribution in [1.82, 2.24) is 10.0 Å². The summed E-state index contributed by atoms with van der Waals surface area (Å²) in [7, 11) is -3.51. The van der Waals surface area contributed by atoms with Crippen LogP contribution in [0.1, 0.15) is 46.0 Å². The first-order valence-corrected chi connectivity index (χ1v) is 10.4. The van der Waals surface area contributed by atoms with E-state index in [1.165, 1.54) is 18.6 Å². The molecule has 0 saturated heterocycles. The second-order valence-corrected chi connectivity index (χ2v) is 8.63. The van der Waals surface area contributed by atoms with Crippen molar-refractivity contribution in [2.24, 2.45) is 5.92 Å². The Labute approximate surface area is 150 Å². The van der Waals surface area contributed by atoms with Crippen LogP contribution >= 0.6 is 0 Å². The Kier molecular flexibility index (Phi) is 7.25. The van der Waals surface area contributed by atoms with Gasteiger partial charge in [-0.3, -0.25) is 4.79 Å². The molecule has 2 rings (SSSR count). The largest absolute Gasteiger partial charge is 0.484 e. The fraction of sp³-hybridized carbons (Fsp3) is 0.611. The number of amides is 1. The van der Waals surface area contributed by atoms with E-state index in [9.17, 15) is 13.2 Å². The van der Waals surface area contributed by atoms with Gasteiger partial charge >= 0.3 is 0 Å². The van der Waals surface area contributed by atoms with Gasteiger partial charge in [0.2, 0.25) is 10.0 Å². The van der Waals surface area contributed by atoms with Crippen LogP contribution in [0.25, 0.3) is 0 Å². The average Bonchev–Trinajstić information content (AvgIpc) is 2.59. The highest BCUT2D eigenvalue weighted by atomic mass is 32.2. The SMILES string of the molecule is CC(C)CNC(=O)COc1ccc(S(=O)(=O)NC2CCCCC2)cc1. The van der Waals surface area contributed by atoms with E-state index < -0.39 is 10.0 Å². The summed E-state index contributed by atoms with van der Waals surface area (Å²) in [6.45, 7) is 4.55. The zero-order chi connectivity index (χ0) is 18.3. The van der Waals surface area contributed by atoms with Crippen LogP contribution < -0.4 is 14.8 Å². The highest BCUT2D eigenvalue weighted by Gasteiger charge is 2.21. The van der Waals surface area contributed by atoms with Crippen molar-refractivity contribution in [3.63, 3.8) is 0 Å². The van der Waals surface area contributed by atoms with Gasteiger partial charge in [0.05, 0.1) is 4.90 Å². The summed E-state index contributed by atoms with van der Waals surface area (Å²) < 4.78 is 33.0. The second kappa shape index (κ2) is 9.20. The molecule has 0 bridgehead atoms. The fourth-order valence-corrected chi connectivity index (χ4v) is 4.05. The third-order valence-corrected chi connectivity index (χ3v) is 5.67. The molecule has 6 nitrogen and oxygen atoms in total. The molecule has 0 radical (unpaired) electrons. The number of hydrogen-bond donors (Lipinski definition) is 2. The summed E-state index contributed by atoms with van der Waals surface area (Å²) in [6, 6.07) is 6.19. The topological polar surface area (TPSA) is 84.5 Å². The van der Waals surface area contributed by atoms with Gasteiger partial charge in [-0.25, -0.2) is 13.1 Å². The van der Waals surface area contributed by atoms with Crippen LogP contribution in [-0.4, -0.2) is 33.5 Å². The molecular formula is C18H28N2O4S. The van der Waals surface area contributed by atoms with E-state index >= 15 is 0 Å². The number of benzene rings is 1. The molecule has 1 aromatic carbocycles. The van der Waals surface area contributed by atoms with Crippen LogP contribution in [0.5, 0.6) is 5.75 Å². The highest BCUT2D eigenvalue weighted by molar-refractivity contribution is 7.89. The normalized spacial score (nSPS) is 16.0. The van der Waals surface area contributed by atoms with Crippen molar-refractivity contribution in [1.29, 1.82) is 0 Å². The Morgan fingerprint density at radius 3 is 2.40 bits per heavy atom. The molecule has 1 saturated carbocycles. The number of carbonyl (C=O) groups is 1. The van der Waals surface area contributed by atoms with Crippen LogP contribution in [0, 0.1) is 5.92 Å². The number of hydrogen-bond acceptors (Lipinski definition) is 4. The first-order chi connectivity index (χ1) is 11.9. The van der Waals surface area contributed by atoms with Gasteiger partial charge in [0, 0.05) is 12.6 Å². The molecule has 0 unspecified atom stereocenters. The van der Waals surface area contributed by atoms with E-state index in [2.05, 4.69) is 10.0 Å². The van der Waals surface area contributed by atoms with Gasteiger partial charge in [0.1, 0.15) is 5.75 Å². The Morgan fingerprint density at radius 2 is 1.80 bits per heavy atom. The molecule has 1 aliphatic rings. The smallest absolute Gasteiger partial charge is 0.257 e. The summed E-state index contributed by atoms with van der Waals surface area (Å²) in [4.78, 5) is 11.8. The number of nitrogens with one attached hydrogen (secondary N) is 2. The monoisotopic (exact) mass is 368 g/mol. The van der Waals surface area contributed by atoms with E-state index in [0.717, 1.165) is 25.7 Å². The molecule has 1 fully saturated rings. The van der Waals surface area contributed by atoms with Crippen LogP contribution in [-0.2, 0) is 14.8 Å². The quantitative estimate of drug-likeness (QED) is 0.738. The zero-order valence-electron chi connectivity index (χ0n) is 15.0. The molecule has 0 atom stereocenters. The molecule has 0 aliphatic heterocycles. The number of rotatable bonds is 8. The molecule has 2 N–H and O–H groups in total. The van der Waals surface area contributed by atoms with Crippen LogP contribution in [0.4, 0.5) is 0 Å². The first kappa shape index (κ1) is 19.7. The first-order valence-electron chi connectivity index (χ1n) is 8.89. The highest BCUT2D eigenvalue weighted by Crippen LogP contribution is 2.21. The summed E-state index contributed by atoms with van der Waals surface area (Å²) in [5.41, 5.74) is 0. The molecule has 140 valence electrons. The summed E-state index contributed by atoms with van der Waals surface area (Å²) in [5, 5.41) is 2.76. The lowest BCUT2D eigenvalue weighted by Gasteiger charge is -2.22. The fourth-order valence-electron chi connectivity index (χ4n) is 2.74. The lowest BCUT2D eigenvalue weighted by atomic mass is 9.96. The number of sulfonamides is 1. The van der Waals surface area contributed by atoms with Gasteiger partial charge in [-0.05, 0) is 43.0 Å². The van der Waals surface area contributed by atoms with Crippen molar-refractivity contribution in [3.8, 4) is 5.75 Å². The standard InChI is InChI=1S/C18H28N2O4S/c1-14(2)12-19-18(21)13-24-16-8-10-17(11-9-16)25(22,23)20-15-6-4-3-5-7-15/h8-11,14-15,20H,3-7,12-13H2,1-2H3,(H,19,21). The molecule has 7 heteroatoms. The molecule has 1 amide bonds. The maximum atomic E-state index is 12.4. The lowest BCUT2D eigenvalue weighted by molar-refractivity contribution is -0.123. The summed E-state index contributed by atoms with van der Waals surface area (Å²) in [6.07, 6.45) is 5.10. The third-order valence-electron chi connectivity index (χ3n) is 4.14. The van der Waals surface area contributed by atoms with Gasteiger partial charge in [-0.15, -0.1) is 0 Å². The minimum absolute atomic E-state index is 0.0272. The van der Waals surface area contributed by atoms with Gasteiger partial charge in [0.25, 0.3) is 5.91 Å². The summed E-state index contributed by atoms with van der Waals surface area (Å²) >= 11 is 0. The average molecular weight is 368 g/mol. The summed E-state index contributed by atoms with van der Waals surface area (Å²) in [5.74, 6) is 0.658. The van der Waals surface area contributed by atoms with Crippen molar-refractivity contribution in [2.45, 2.75) is 56.9 Å². The van der Waals surface area contributed by atoms with Crippen LogP contribution in [0.3, 0.4) is 0 Å². The molecule has 1 aromatic rings. The third kappa shape index (κ3) is 6.66. The number of carbonyl (C=O) groups excluding carboxylic acids is 1. The van der Waals surface area contributed by atoms with Gasteiger partial charge in [0.15, 0.2) is 6.61 Å². The molecule has 0 heterocycles. The lowest BCUT2D eigenvalue weighted by Crippen LogP contribution is -2.36. The minimum atomic E-state index is -3.51. The maximum Gasteiger partial charge on any atom is 0.257 e. The minimum Gasteiger partial charge on any atom is -0.484 e. The van der Waals surface area contributed by atoms with E-state index in [-0.39, 0.29) is 23.5 Å². The second-order valence-electron chi connectivity index (χ2n) is 6.91. The molecule has 1 aliphatic carbocycles. The molecule has 0 aromatic heterocycles. The number of ether oxygens (including phenoxy) is 1. The van der Waals surface area contributed by atoms with Crippen molar-refractivity contribution < 1.29 is 17.9 Å². The molecule has 25 heavy (non-hydrogen) atoms. The van der Waals surface area contributed by atoms with E-state index in [1.54, 1.807) is 12.1 Å². The van der Waals surface area contributed by atoms with Gasteiger partial charge < -0.3 is 10.1 Å². The van der Waals surface area contributed by atoms with Gasteiger partial charge in [-0.2, -0.15) is 0 Å². The van der Waals surface area contributed by atoms with Gasteiger partial charge in [-0.1, -0.05) is 33.1 Å². The molecular weight excluding hydrogens is 340 g/mol. The zero-order valence-corrected chi connectivity index (χ0v) is 15.8.